The van der Waals surface area contributed by atoms with E-state index in [1.165, 1.54) is 24.3 Å². The van der Waals surface area contributed by atoms with Crippen LogP contribution in [0.15, 0.2) is 36.4 Å². The van der Waals surface area contributed by atoms with Crippen molar-refractivity contribution in [1.29, 1.82) is 0 Å². The summed E-state index contributed by atoms with van der Waals surface area (Å²) in [5.74, 6) is -1.38. The molecule has 23 heavy (non-hydrogen) atoms. The smallest absolute Gasteiger partial charge is 0.336 e. The Morgan fingerprint density at radius 1 is 1.22 bits per heavy atom. The number of ketones is 1. The number of hydrogen-bond donors (Lipinski definition) is 1. The van der Waals surface area contributed by atoms with Crippen molar-refractivity contribution in [3.8, 4) is 0 Å². The minimum Gasteiger partial charge on any atom is -0.478 e. The minimum absolute atomic E-state index is 0.0537. The molecule has 0 aliphatic rings. The van der Waals surface area contributed by atoms with Gasteiger partial charge in [0, 0.05) is 27.2 Å². The molecule has 0 unspecified atom stereocenters. The summed E-state index contributed by atoms with van der Waals surface area (Å²) in [6.07, 6.45) is -0.0736. The maximum Gasteiger partial charge on any atom is 0.336 e. The van der Waals surface area contributed by atoms with Gasteiger partial charge in [-0.3, -0.25) is 14.9 Å². The van der Waals surface area contributed by atoms with Crippen molar-refractivity contribution in [2.24, 2.45) is 0 Å². The van der Waals surface area contributed by atoms with E-state index in [0.29, 0.717) is 16.7 Å². The number of carboxylic acid groups (broad SMARTS) is 1. The van der Waals surface area contributed by atoms with Gasteiger partial charge in [-0.15, -0.1) is 0 Å². The lowest BCUT2D eigenvalue weighted by molar-refractivity contribution is -0.385. The van der Waals surface area contributed by atoms with Gasteiger partial charge < -0.3 is 5.11 Å². The molecule has 2 aromatic carbocycles. The topological polar surface area (TPSA) is 97.5 Å². The molecule has 118 valence electrons. The quantitative estimate of drug-likeness (QED) is 0.342. The van der Waals surface area contributed by atoms with Crippen molar-refractivity contribution >= 4 is 40.0 Å². The summed E-state index contributed by atoms with van der Waals surface area (Å²) in [5, 5.41) is 20.0. The van der Waals surface area contributed by atoms with E-state index in [1.54, 1.807) is 19.1 Å². The van der Waals surface area contributed by atoms with Gasteiger partial charge in [-0.25, -0.2) is 4.79 Å². The molecular formula is C16H12INO5. The van der Waals surface area contributed by atoms with Crippen LogP contribution in [0.5, 0.6) is 0 Å². The lowest BCUT2D eigenvalue weighted by Gasteiger charge is -2.07. The molecular weight excluding hydrogens is 413 g/mol. The molecule has 0 aliphatic carbocycles. The van der Waals surface area contributed by atoms with Crippen molar-refractivity contribution in [2.45, 2.75) is 13.3 Å². The van der Waals surface area contributed by atoms with Gasteiger partial charge in [-0.1, -0.05) is 6.07 Å². The van der Waals surface area contributed by atoms with Gasteiger partial charge in [-0.2, -0.15) is 0 Å². The van der Waals surface area contributed by atoms with Crippen LogP contribution in [0.3, 0.4) is 0 Å². The molecule has 7 heteroatoms. The molecule has 0 saturated carbocycles. The zero-order valence-corrected chi connectivity index (χ0v) is 14.2. The number of aromatic carboxylic acids is 1. The minimum atomic E-state index is -1.09. The average molecular weight is 425 g/mol. The van der Waals surface area contributed by atoms with Crippen LogP contribution >= 0.6 is 22.6 Å². The number of nitro benzene ring substituents is 1. The second kappa shape index (κ2) is 6.86. The third-order valence-corrected chi connectivity index (χ3v) is 4.04. The molecule has 2 rings (SSSR count). The highest BCUT2D eigenvalue weighted by Gasteiger charge is 2.17. The van der Waals surface area contributed by atoms with E-state index in [2.05, 4.69) is 0 Å². The van der Waals surface area contributed by atoms with Crippen molar-refractivity contribution in [3.63, 3.8) is 0 Å². The van der Waals surface area contributed by atoms with E-state index in [1.807, 2.05) is 22.6 Å². The first-order valence-electron chi connectivity index (χ1n) is 6.59. The fraction of sp³-hybridized carbons (Fsp3) is 0.125. The highest BCUT2D eigenvalue weighted by Crippen LogP contribution is 2.21. The fourth-order valence-electron chi connectivity index (χ4n) is 2.21. The number of hydrogen-bond acceptors (Lipinski definition) is 4. The summed E-state index contributed by atoms with van der Waals surface area (Å²) >= 11 is 2.00. The van der Waals surface area contributed by atoms with E-state index in [0.717, 1.165) is 3.57 Å². The molecule has 6 nitrogen and oxygen atoms in total. The number of carboxylic acids is 1. The molecule has 0 atom stereocenters. The Balaban J connectivity index is 2.31. The average Bonchev–Trinajstić information content (AvgIpc) is 2.48. The van der Waals surface area contributed by atoms with Gasteiger partial charge in [0.15, 0.2) is 5.78 Å². The van der Waals surface area contributed by atoms with Crippen LogP contribution < -0.4 is 0 Å². The van der Waals surface area contributed by atoms with Crippen LogP contribution in [0.1, 0.15) is 31.8 Å². The van der Waals surface area contributed by atoms with Crippen LogP contribution in [0.4, 0.5) is 5.69 Å². The zero-order chi connectivity index (χ0) is 17.1. The zero-order valence-electron chi connectivity index (χ0n) is 12.1. The fourth-order valence-corrected chi connectivity index (χ4v) is 2.70. The maximum atomic E-state index is 12.3. The molecule has 0 amide bonds. The Hall–Kier alpha value is -2.29. The molecule has 0 saturated heterocycles. The second-order valence-electron chi connectivity index (χ2n) is 4.96. The third-order valence-electron chi connectivity index (χ3n) is 3.37. The summed E-state index contributed by atoms with van der Waals surface area (Å²) in [6.45, 7) is 1.56. The summed E-state index contributed by atoms with van der Waals surface area (Å²) in [6, 6.07) is 8.98. The van der Waals surface area contributed by atoms with Gasteiger partial charge in [0.25, 0.3) is 5.69 Å². The van der Waals surface area contributed by atoms with Crippen LogP contribution in [-0.2, 0) is 6.42 Å². The Labute approximate surface area is 145 Å². The summed E-state index contributed by atoms with van der Waals surface area (Å²) in [7, 11) is 0. The monoisotopic (exact) mass is 425 g/mol. The Bertz CT molecular complexity index is 816. The van der Waals surface area contributed by atoms with E-state index in [4.69, 9.17) is 0 Å². The van der Waals surface area contributed by atoms with Crippen molar-refractivity contribution in [3.05, 3.63) is 72.3 Å². The Morgan fingerprint density at radius 2 is 1.91 bits per heavy atom. The van der Waals surface area contributed by atoms with E-state index in [-0.39, 0.29) is 23.5 Å². The number of carbonyl (C=O) groups excluding carboxylic acids is 1. The predicted octanol–water partition coefficient (Wildman–Crippen LogP) is 3.63. The molecule has 1 N–H and O–H groups in total. The van der Waals surface area contributed by atoms with Crippen molar-refractivity contribution in [1.82, 2.24) is 0 Å². The van der Waals surface area contributed by atoms with Gasteiger partial charge in [0.05, 0.1) is 10.5 Å². The molecule has 0 spiro atoms. The molecule has 0 aromatic heterocycles. The van der Waals surface area contributed by atoms with Gasteiger partial charge in [0.2, 0.25) is 0 Å². The normalized spacial score (nSPS) is 10.3. The van der Waals surface area contributed by atoms with Crippen molar-refractivity contribution in [2.75, 3.05) is 0 Å². The number of aryl methyl sites for hydroxylation is 1. The van der Waals surface area contributed by atoms with Crippen LogP contribution in [0, 0.1) is 20.6 Å². The molecule has 0 fully saturated rings. The lowest BCUT2D eigenvalue weighted by Crippen LogP contribution is -2.10. The van der Waals surface area contributed by atoms with Gasteiger partial charge in [0.1, 0.15) is 0 Å². The van der Waals surface area contributed by atoms with Crippen LogP contribution in [-0.4, -0.2) is 21.8 Å². The number of halogens is 1. The third kappa shape index (κ3) is 3.92. The summed E-state index contributed by atoms with van der Waals surface area (Å²) < 4.78 is 0.766. The van der Waals surface area contributed by atoms with E-state index in [9.17, 15) is 24.8 Å². The van der Waals surface area contributed by atoms with Gasteiger partial charge >= 0.3 is 5.97 Å². The number of nitrogens with zero attached hydrogens (tertiary/aromatic N) is 1. The number of benzene rings is 2. The standard InChI is InChI=1S/C16H12INO5/c1-9-6-11(3-5-14(9)18(22)23)15(19)7-10-2-4-12(17)8-13(10)16(20)21/h2-6,8H,7H2,1H3,(H,20,21). The molecule has 0 radical (unpaired) electrons. The summed E-state index contributed by atoms with van der Waals surface area (Å²) in [4.78, 5) is 33.9. The highest BCUT2D eigenvalue weighted by atomic mass is 127. The van der Waals surface area contributed by atoms with E-state index < -0.39 is 10.9 Å². The van der Waals surface area contributed by atoms with Crippen LogP contribution in [0.25, 0.3) is 0 Å². The number of carbonyl (C=O) groups is 2. The molecule has 0 aliphatic heterocycles. The molecule has 0 bridgehead atoms. The number of rotatable bonds is 5. The Morgan fingerprint density at radius 3 is 2.48 bits per heavy atom. The first-order chi connectivity index (χ1) is 10.8. The summed E-state index contributed by atoms with van der Waals surface area (Å²) in [5.41, 5.74) is 1.16. The number of nitro groups is 1. The first-order valence-corrected chi connectivity index (χ1v) is 7.67. The lowest BCUT2D eigenvalue weighted by atomic mass is 9.97. The van der Waals surface area contributed by atoms with E-state index >= 15 is 0 Å². The van der Waals surface area contributed by atoms with Crippen LogP contribution in [0.2, 0.25) is 0 Å². The predicted molar refractivity (Wildman–Crippen MR) is 92.0 cm³/mol. The highest BCUT2D eigenvalue weighted by molar-refractivity contribution is 14.1. The largest absolute Gasteiger partial charge is 0.478 e. The number of Topliss-reactive ketones (excluding diaryl/α,β-unsaturated/α-hetero) is 1. The SMILES string of the molecule is Cc1cc(C(=O)Cc2ccc(I)cc2C(=O)O)ccc1[N+](=O)[O-]. The molecule has 0 heterocycles. The second-order valence-corrected chi connectivity index (χ2v) is 6.21. The molecule has 2 aromatic rings. The Kier molecular flexibility index (Phi) is 5.09. The van der Waals surface area contributed by atoms with Crippen molar-refractivity contribution < 1.29 is 19.6 Å². The van der Waals surface area contributed by atoms with Gasteiger partial charge in [-0.05, 0) is 59.3 Å². The maximum absolute atomic E-state index is 12.3. The first kappa shape index (κ1) is 17.1.